The van der Waals surface area contributed by atoms with Crippen molar-refractivity contribution in [1.29, 1.82) is 0 Å². The van der Waals surface area contributed by atoms with Crippen LogP contribution in [0.4, 0.5) is 19.0 Å². The van der Waals surface area contributed by atoms with Crippen molar-refractivity contribution in [3.05, 3.63) is 30.5 Å². The molecule has 0 amide bonds. The van der Waals surface area contributed by atoms with E-state index in [1.165, 1.54) is 12.3 Å². The Hall–Kier alpha value is -2.25. The van der Waals surface area contributed by atoms with Gasteiger partial charge in [0.1, 0.15) is 5.82 Å². The van der Waals surface area contributed by atoms with Crippen molar-refractivity contribution >= 4 is 5.82 Å². The molecule has 0 unspecified atom stereocenters. The van der Waals surface area contributed by atoms with Gasteiger partial charge in [-0.05, 0) is 6.07 Å². The molecule has 0 radical (unpaired) electrons. The van der Waals surface area contributed by atoms with Crippen LogP contribution in [0.15, 0.2) is 24.7 Å². The number of anilines is 1. The zero-order valence-corrected chi connectivity index (χ0v) is 8.31. The number of hydrogen-bond acceptors (Lipinski definition) is 5. The molecular weight excluding hydrogens is 235 g/mol. The standard InChI is InChI=1S/C9H6F3N5/c10-9(11,12)8-15-3-5(4-16-8)7-14-2-1-6(13)17-7/h1-4H,(H2,13,14,17). The van der Waals surface area contributed by atoms with E-state index in [1.54, 1.807) is 0 Å². The molecule has 0 spiro atoms. The van der Waals surface area contributed by atoms with Crippen LogP contribution in [0.1, 0.15) is 5.82 Å². The lowest BCUT2D eigenvalue weighted by Crippen LogP contribution is -2.10. The number of nitrogen functional groups attached to an aromatic ring is 1. The zero-order chi connectivity index (χ0) is 12.5. The average Bonchev–Trinajstić information content (AvgIpc) is 2.28. The van der Waals surface area contributed by atoms with Crippen molar-refractivity contribution in [3.63, 3.8) is 0 Å². The summed E-state index contributed by atoms with van der Waals surface area (Å²) in [6.07, 6.45) is -1.15. The van der Waals surface area contributed by atoms with E-state index < -0.39 is 12.0 Å². The maximum Gasteiger partial charge on any atom is 0.451 e. The SMILES string of the molecule is Nc1ccnc(-c2cnc(C(F)(F)F)nc2)n1. The summed E-state index contributed by atoms with van der Waals surface area (Å²) in [6.45, 7) is 0. The number of alkyl halides is 3. The van der Waals surface area contributed by atoms with E-state index in [0.717, 1.165) is 12.4 Å². The van der Waals surface area contributed by atoms with Gasteiger partial charge in [-0.15, -0.1) is 0 Å². The highest BCUT2D eigenvalue weighted by Crippen LogP contribution is 2.26. The van der Waals surface area contributed by atoms with E-state index in [-0.39, 0.29) is 17.2 Å². The summed E-state index contributed by atoms with van der Waals surface area (Å²) in [5.74, 6) is -0.807. The summed E-state index contributed by atoms with van der Waals surface area (Å²) >= 11 is 0. The third-order valence-electron chi connectivity index (χ3n) is 1.84. The van der Waals surface area contributed by atoms with Gasteiger partial charge in [-0.3, -0.25) is 0 Å². The lowest BCUT2D eigenvalue weighted by Gasteiger charge is -2.04. The minimum Gasteiger partial charge on any atom is -0.384 e. The fraction of sp³-hybridized carbons (Fsp3) is 0.111. The van der Waals surface area contributed by atoms with Crippen LogP contribution in [0.2, 0.25) is 0 Å². The van der Waals surface area contributed by atoms with Crippen LogP contribution in [0.3, 0.4) is 0 Å². The van der Waals surface area contributed by atoms with Gasteiger partial charge in [0.25, 0.3) is 0 Å². The fourth-order valence-corrected chi connectivity index (χ4v) is 1.10. The van der Waals surface area contributed by atoms with Gasteiger partial charge in [-0.25, -0.2) is 19.9 Å². The normalized spacial score (nSPS) is 11.5. The van der Waals surface area contributed by atoms with Crippen molar-refractivity contribution in [2.75, 3.05) is 5.73 Å². The highest BCUT2D eigenvalue weighted by Gasteiger charge is 2.34. The molecule has 0 aromatic carbocycles. The maximum atomic E-state index is 12.2. The topological polar surface area (TPSA) is 77.6 Å². The van der Waals surface area contributed by atoms with Gasteiger partial charge in [0.2, 0.25) is 5.82 Å². The highest BCUT2D eigenvalue weighted by atomic mass is 19.4. The van der Waals surface area contributed by atoms with Gasteiger partial charge in [0, 0.05) is 18.6 Å². The molecule has 0 fully saturated rings. The zero-order valence-electron chi connectivity index (χ0n) is 8.31. The molecule has 5 nitrogen and oxygen atoms in total. The number of rotatable bonds is 1. The molecule has 2 N–H and O–H groups in total. The third-order valence-corrected chi connectivity index (χ3v) is 1.84. The Labute approximate surface area is 93.6 Å². The minimum absolute atomic E-state index is 0.179. The van der Waals surface area contributed by atoms with Crippen LogP contribution in [0.5, 0.6) is 0 Å². The van der Waals surface area contributed by atoms with Crippen LogP contribution < -0.4 is 5.73 Å². The smallest absolute Gasteiger partial charge is 0.384 e. The largest absolute Gasteiger partial charge is 0.451 e. The Kier molecular flexibility index (Phi) is 2.62. The summed E-state index contributed by atoms with van der Waals surface area (Å²) in [6, 6.07) is 1.47. The molecule has 0 aliphatic rings. The summed E-state index contributed by atoms with van der Waals surface area (Å²) < 4.78 is 36.6. The van der Waals surface area contributed by atoms with Crippen molar-refractivity contribution in [1.82, 2.24) is 19.9 Å². The second-order valence-corrected chi connectivity index (χ2v) is 3.10. The Bertz CT molecular complexity index is 523. The predicted molar refractivity (Wildman–Crippen MR) is 52.5 cm³/mol. The highest BCUT2D eigenvalue weighted by molar-refractivity contribution is 5.53. The number of nitrogens with two attached hydrogens (primary N) is 1. The van der Waals surface area contributed by atoms with Gasteiger partial charge in [0.05, 0.1) is 5.56 Å². The molecule has 88 valence electrons. The van der Waals surface area contributed by atoms with E-state index in [4.69, 9.17) is 5.73 Å². The Morgan fingerprint density at radius 3 is 2.24 bits per heavy atom. The number of aromatic nitrogens is 4. The third kappa shape index (κ3) is 2.47. The molecule has 2 heterocycles. The van der Waals surface area contributed by atoms with Gasteiger partial charge in [-0.1, -0.05) is 0 Å². The van der Waals surface area contributed by atoms with E-state index in [0.29, 0.717) is 0 Å². The molecule has 8 heteroatoms. The summed E-state index contributed by atoms with van der Waals surface area (Å²) in [5, 5.41) is 0. The quantitative estimate of drug-likeness (QED) is 0.819. The van der Waals surface area contributed by atoms with Crippen molar-refractivity contribution in [3.8, 4) is 11.4 Å². The van der Waals surface area contributed by atoms with Gasteiger partial charge >= 0.3 is 6.18 Å². The molecule has 2 rings (SSSR count). The second-order valence-electron chi connectivity index (χ2n) is 3.10. The molecule has 2 aromatic rings. The van der Waals surface area contributed by atoms with E-state index >= 15 is 0 Å². The van der Waals surface area contributed by atoms with Gasteiger partial charge < -0.3 is 5.73 Å². The Morgan fingerprint density at radius 1 is 1.06 bits per heavy atom. The number of hydrogen-bond donors (Lipinski definition) is 1. The Balaban J connectivity index is 2.36. The first-order chi connectivity index (χ1) is 7.97. The monoisotopic (exact) mass is 241 g/mol. The molecule has 0 aliphatic heterocycles. The molecular formula is C9H6F3N5. The first-order valence-electron chi connectivity index (χ1n) is 4.45. The van der Waals surface area contributed by atoms with E-state index in [1.807, 2.05) is 0 Å². The van der Waals surface area contributed by atoms with Crippen LogP contribution in [0.25, 0.3) is 11.4 Å². The molecule has 0 atom stereocenters. The molecule has 17 heavy (non-hydrogen) atoms. The predicted octanol–water partition coefficient (Wildman–Crippen LogP) is 1.53. The molecule has 0 saturated heterocycles. The number of halogens is 3. The lowest BCUT2D eigenvalue weighted by atomic mass is 10.3. The van der Waals surface area contributed by atoms with Crippen LogP contribution >= 0.6 is 0 Å². The first kappa shape index (κ1) is 11.2. The molecule has 0 aliphatic carbocycles. The minimum atomic E-state index is -4.56. The van der Waals surface area contributed by atoms with Gasteiger partial charge in [0.15, 0.2) is 5.82 Å². The first-order valence-corrected chi connectivity index (χ1v) is 4.45. The van der Waals surface area contributed by atoms with Crippen LogP contribution in [0, 0.1) is 0 Å². The summed E-state index contributed by atoms with van der Waals surface area (Å²) in [5.41, 5.74) is 5.69. The Morgan fingerprint density at radius 2 is 1.71 bits per heavy atom. The molecule has 2 aromatic heterocycles. The van der Waals surface area contributed by atoms with Crippen molar-refractivity contribution < 1.29 is 13.2 Å². The summed E-state index contributed by atoms with van der Waals surface area (Å²) in [7, 11) is 0. The van der Waals surface area contributed by atoms with Crippen LogP contribution in [-0.2, 0) is 6.18 Å². The average molecular weight is 241 g/mol. The van der Waals surface area contributed by atoms with Crippen molar-refractivity contribution in [2.45, 2.75) is 6.18 Å². The lowest BCUT2D eigenvalue weighted by molar-refractivity contribution is -0.144. The van der Waals surface area contributed by atoms with Gasteiger partial charge in [-0.2, -0.15) is 13.2 Å². The van der Waals surface area contributed by atoms with Crippen molar-refractivity contribution in [2.24, 2.45) is 0 Å². The maximum absolute atomic E-state index is 12.2. The van der Waals surface area contributed by atoms with Crippen LogP contribution in [-0.4, -0.2) is 19.9 Å². The number of nitrogens with zero attached hydrogens (tertiary/aromatic N) is 4. The summed E-state index contributed by atoms with van der Waals surface area (Å²) in [4.78, 5) is 14.1. The van der Waals surface area contributed by atoms with E-state index in [2.05, 4.69) is 19.9 Å². The second kappa shape index (κ2) is 3.96. The fourth-order valence-electron chi connectivity index (χ4n) is 1.10. The van der Waals surface area contributed by atoms with E-state index in [9.17, 15) is 13.2 Å². The molecule has 0 bridgehead atoms. The molecule has 0 saturated carbocycles.